The maximum absolute atomic E-state index is 12.0. The van der Waals surface area contributed by atoms with Crippen molar-refractivity contribution in [2.75, 3.05) is 5.43 Å². The molecule has 0 unspecified atom stereocenters. The number of rotatable bonds is 16. The van der Waals surface area contributed by atoms with Gasteiger partial charge in [-0.3, -0.25) is 15.6 Å². The minimum Gasteiger partial charge on any atom is -0.298 e. The van der Waals surface area contributed by atoms with E-state index in [2.05, 4.69) is 17.8 Å². The SMILES string of the molecule is CCCCC[C@H]1C[C@H]1C[C@H]1C[C@H]1CCCCCCCC(=O)NNc1ccccc1C. The third kappa shape index (κ3) is 8.32. The molecule has 168 valence electrons. The average molecular weight is 413 g/mol. The van der Waals surface area contributed by atoms with Gasteiger partial charge in [0.15, 0.2) is 0 Å². The summed E-state index contributed by atoms with van der Waals surface area (Å²) in [6, 6.07) is 8.00. The molecule has 2 N–H and O–H groups in total. The molecular weight excluding hydrogens is 368 g/mol. The number of aryl methyl sites for hydroxylation is 1. The van der Waals surface area contributed by atoms with E-state index in [1.54, 1.807) is 12.8 Å². The van der Waals surface area contributed by atoms with Gasteiger partial charge in [0, 0.05) is 6.42 Å². The monoisotopic (exact) mass is 412 g/mol. The number of carbonyl (C=O) groups is 1. The fourth-order valence-corrected chi connectivity index (χ4v) is 5.09. The van der Waals surface area contributed by atoms with Gasteiger partial charge in [-0.25, -0.2) is 0 Å². The van der Waals surface area contributed by atoms with Crippen molar-refractivity contribution in [3.8, 4) is 0 Å². The second kappa shape index (κ2) is 12.4. The number of hydrazine groups is 1. The molecule has 2 aliphatic rings. The lowest BCUT2D eigenvalue weighted by molar-refractivity contribution is -0.120. The zero-order valence-corrected chi connectivity index (χ0v) is 19.4. The Hall–Kier alpha value is -1.51. The van der Waals surface area contributed by atoms with Crippen LogP contribution in [0.4, 0.5) is 5.69 Å². The molecule has 0 heterocycles. The van der Waals surface area contributed by atoms with Crippen molar-refractivity contribution < 1.29 is 4.79 Å². The molecule has 3 rings (SSSR count). The summed E-state index contributed by atoms with van der Waals surface area (Å²) in [7, 11) is 0. The highest BCUT2D eigenvalue weighted by Gasteiger charge is 2.44. The standard InChI is InChI=1S/C27H44N2O/c1-3-4-8-14-22-18-24(22)20-25-19-23(25)15-9-6-5-7-10-17-27(30)29-28-26-16-12-11-13-21(26)2/h11-13,16,22-25,28H,3-10,14-15,17-20H2,1-2H3,(H,29,30)/t22-,23+,24-,25+/m0/s1. The van der Waals surface area contributed by atoms with Crippen LogP contribution < -0.4 is 10.9 Å². The van der Waals surface area contributed by atoms with Crippen LogP contribution in [0.5, 0.6) is 0 Å². The number of hydrogen-bond donors (Lipinski definition) is 2. The van der Waals surface area contributed by atoms with Crippen LogP contribution in [0.1, 0.15) is 102 Å². The zero-order valence-electron chi connectivity index (χ0n) is 19.4. The summed E-state index contributed by atoms with van der Waals surface area (Å²) in [6.45, 7) is 4.34. The highest BCUT2D eigenvalue weighted by molar-refractivity contribution is 5.77. The van der Waals surface area contributed by atoms with Crippen LogP contribution >= 0.6 is 0 Å². The van der Waals surface area contributed by atoms with E-state index in [1.165, 1.54) is 64.2 Å². The molecule has 2 saturated carbocycles. The largest absolute Gasteiger partial charge is 0.298 e. The second-order valence-corrected chi connectivity index (χ2v) is 10.0. The van der Waals surface area contributed by atoms with Crippen LogP contribution in [0.15, 0.2) is 24.3 Å². The lowest BCUT2D eigenvalue weighted by Gasteiger charge is -2.10. The van der Waals surface area contributed by atoms with Crippen molar-refractivity contribution in [1.29, 1.82) is 0 Å². The van der Waals surface area contributed by atoms with Gasteiger partial charge in [0.2, 0.25) is 5.91 Å². The fourth-order valence-electron chi connectivity index (χ4n) is 5.09. The van der Waals surface area contributed by atoms with Crippen LogP contribution in [-0.4, -0.2) is 5.91 Å². The van der Waals surface area contributed by atoms with Crippen molar-refractivity contribution in [3.63, 3.8) is 0 Å². The van der Waals surface area contributed by atoms with Crippen LogP contribution in [0.3, 0.4) is 0 Å². The first kappa shape index (κ1) is 23.2. The maximum Gasteiger partial charge on any atom is 0.238 e. The maximum atomic E-state index is 12.0. The van der Waals surface area contributed by atoms with Crippen molar-refractivity contribution in [2.45, 2.75) is 104 Å². The van der Waals surface area contributed by atoms with Gasteiger partial charge < -0.3 is 0 Å². The Morgan fingerprint density at radius 1 is 0.867 bits per heavy atom. The van der Waals surface area contributed by atoms with E-state index in [9.17, 15) is 4.79 Å². The summed E-state index contributed by atoms with van der Waals surface area (Å²) in [5.41, 5.74) is 7.96. The molecule has 1 amide bonds. The molecule has 3 nitrogen and oxygen atoms in total. The minimum absolute atomic E-state index is 0.0900. The molecular formula is C27H44N2O. The van der Waals surface area contributed by atoms with E-state index in [4.69, 9.17) is 0 Å². The van der Waals surface area contributed by atoms with Gasteiger partial charge in [0.25, 0.3) is 0 Å². The summed E-state index contributed by atoms with van der Waals surface area (Å²) < 4.78 is 0. The zero-order chi connectivity index (χ0) is 21.2. The van der Waals surface area contributed by atoms with Gasteiger partial charge >= 0.3 is 0 Å². The lowest BCUT2D eigenvalue weighted by atomic mass is 10.0. The van der Waals surface area contributed by atoms with Gasteiger partial charge in [0.05, 0.1) is 5.69 Å². The molecule has 0 spiro atoms. The Morgan fingerprint density at radius 2 is 1.50 bits per heavy atom. The Balaban J connectivity index is 1.10. The highest BCUT2D eigenvalue weighted by Crippen LogP contribution is 2.54. The third-order valence-electron chi connectivity index (χ3n) is 7.38. The molecule has 3 heteroatoms. The summed E-state index contributed by atoms with van der Waals surface area (Å²) in [4.78, 5) is 12.0. The van der Waals surface area contributed by atoms with Crippen LogP contribution in [0.25, 0.3) is 0 Å². The summed E-state index contributed by atoms with van der Waals surface area (Å²) in [6.07, 6.45) is 18.6. The summed E-state index contributed by atoms with van der Waals surface area (Å²) in [5.74, 6) is 4.42. The quantitative estimate of drug-likeness (QED) is 0.219. The van der Waals surface area contributed by atoms with Crippen LogP contribution in [0.2, 0.25) is 0 Å². The van der Waals surface area contributed by atoms with Gasteiger partial charge in [-0.2, -0.15) is 0 Å². The lowest BCUT2D eigenvalue weighted by Crippen LogP contribution is -2.29. The molecule has 0 radical (unpaired) electrons. The number of unbranched alkanes of at least 4 members (excludes halogenated alkanes) is 6. The number of carbonyl (C=O) groups excluding carboxylic acids is 1. The summed E-state index contributed by atoms with van der Waals surface area (Å²) in [5, 5.41) is 0. The molecule has 1 aromatic rings. The van der Waals surface area contributed by atoms with E-state index in [0.29, 0.717) is 6.42 Å². The number of benzene rings is 1. The fraction of sp³-hybridized carbons (Fsp3) is 0.741. The van der Waals surface area contributed by atoms with E-state index in [1.807, 2.05) is 31.2 Å². The Labute approximate surface area is 184 Å². The van der Waals surface area contributed by atoms with Gasteiger partial charge in [-0.1, -0.05) is 82.9 Å². The van der Waals surface area contributed by atoms with Gasteiger partial charge in [-0.05, 0) is 67.9 Å². The van der Waals surface area contributed by atoms with Gasteiger partial charge in [0.1, 0.15) is 0 Å². The van der Waals surface area contributed by atoms with Crippen LogP contribution in [-0.2, 0) is 4.79 Å². The normalized spacial score (nSPS) is 24.5. The number of nitrogens with one attached hydrogen (secondary N) is 2. The molecule has 0 saturated heterocycles. The minimum atomic E-state index is 0.0900. The molecule has 0 bridgehead atoms. The third-order valence-corrected chi connectivity index (χ3v) is 7.38. The van der Waals surface area contributed by atoms with Crippen molar-refractivity contribution in [1.82, 2.24) is 5.43 Å². The van der Waals surface area contributed by atoms with E-state index in [-0.39, 0.29) is 5.91 Å². The number of anilines is 1. The molecule has 0 aromatic heterocycles. The first-order chi connectivity index (χ1) is 14.7. The molecule has 1 aromatic carbocycles. The molecule has 2 fully saturated rings. The topological polar surface area (TPSA) is 41.1 Å². The molecule has 30 heavy (non-hydrogen) atoms. The van der Waals surface area contributed by atoms with Crippen molar-refractivity contribution in [2.24, 2.45) is 23.7 Å². The smallest absolute Gasteiger partial charge is 0.238 e. The van der Waals surface area contributed by atoms with E-state index >= 15 is 0 Å². The highest BCUT2D eigenvalue weighted by atomic mass is 16.2. The molecule has 0 aliphatic heterocycles. The average Bonchev–Trinajstić information content (AvgIpc) is 3.66. The number of para-hydroxylation sites is 1. The Morgan fingerprint density at radius 3 is 2.20 bits per heavy atom. The molecule has 2 aliphatic carbocycles. The summed E-state index contributed by atoms with van der Waals surface area (Å²) >= 11 is 0. The van der Waals surface area contributed by atoms with Gasteiger partial charge in [-0.15, -0.1) is 0 Å². The Bertz CT molecular complexity index is 644. The molecule has 4 atom stereocenters. The predicted octanol–water partition coefficient (Wildman–Crippen LogP) is 7.41. The van der Waals surface area contributed by atoms with Crippen molar-refractivity contribution in [3.05, 3.63) is 29.8 Å². The van der Waals surface area contributed by atoms with E-state index in [0.717, 1.165) is 41.3 Å². The van der Waals surface area contributed by atoms with Crippen LogP contribution in [0, 0.1) is 30.6 Å². The first-order valence-electron chi connectivity index (χ1n) is 12.8. The van der Waals surface area contributed by atoms with Crippen molar-refractivity contribution >= 4 is 11.6 Å². The predicted molar refractivity (Wildman–Crippen MR) is 127 cm³/mol. The van der Waals surface area contributed by atoms with E-state index < -0.39 is 0 Å². The second-order valence-electron chi connectivity index (χ2n) is 10.0. The first-order valence-corrected chi connectivity index (χ1v) is 12.8. The Kier molecular flexibility index (Phi) is 9.55. The number of hydrogen-bond acceptors (Lipinski definition) is 2. The number of amides is 1.